The third kappa shape index (κ3) is 1.95. The zero-order valence-corrected chi connectivity index (χ0v) is 12.0. The van der Waals surface area contributed by atoms with Gasteiger partial charge in [-0.1, -0.05) is 32.1 Å². The van der Waals surface area contributed by atoms with Gasteiger partial charge in [0.25, 0.3) is 0 Å². The first-order chi connectivity index (χ1) is 9.43. The summed E-state index contributed by atoms with van der Waals surface area (Å²) in [5.74, 6) is 0.977. The maximum absolute atomic E-state index is 4.33. The van der Waals surface area contributed by atoms with E-state index in [0.29, 0.717) is 6.04 Å². The van der Waals surface area contributed by atoms with E-state index in [2.05, 4.69) is 21.0 Å². The van der Waals surface area contributed by atoms with Gasteiger partial charge in [-0.15, -0.1) is 11.3 Å². The van der Waals surface area contributed by atoms with Crippen molar-refractivity contribution in [1.29, 1.82) is 0 Å². The monoisotopic (exact) mass is 272 g/mol. The molecule has 0 spiro atoms. The van der Waals surface area contributed by atoms with Crippen LogP contribution >= 0.6 is 11.3 Å². The third-order valence-electron chi connectivity index (χ3n) is 4.85. The molecule has 2 aromatic heterocycles. The largest absolute Gasteiger partial charge is 0.322 e. The van der Waals surface area contributed by atoms with E-state index in [1.54, 1.807) is 4.88 Å². The first kappa shape index (κ1) is 11.7. The van der Waals surface area contributed by atoms with Gasteiger partial charge < -0.3 is 4.57 Å². The Morgan fingerprint density at radius 2 is 2.11 bits per heavy atom. The number of imidazole rings is 1. The Morgan fingerprint density at radius 3 is 3.00 bits per heavy atom. The molecule has 0 unspecified atom stereocenters. The van der Waals surface area contributed by atoms with Crippen molar-refractivity contribution in [2.45, 2.75) is 51.0 Å². The molecule has 4 rings (SSSR count). The molecule has 1 fully saturated rings. The van der Waals surface area contributed by atoms with Crippen LogP contribution in [0.4, 0.5) is 0 Å². The molecule has 1 aliphatic carbocycles. The maximum Gasteiger partial charge on any atom is 0.0957 e. The quantitative estimate of drug-likeness (QED) is 0.779. The fraction of sp³-hybridized carbons (Fsp3) is 0.562. The van der Waals surface area contributed by atoms with Crippen LogP contribution in [0.15, 0.2) is 24.0 Å². The highest BCUT2D eigenvalue weighted by molar-refractivity contribution is 7.10. The minimum atomic E-state index is 0.564. The van der Waals surface area contributed by atoms with Crippen molar-refractivity contribution in [3.63, 3.8) is 0 Å². The minimum Gasteiger partial charge on any atom is -0.322 e. The highest BCUT2D eigenvalue weighted by atomic mass is 32.1. The summed E-state index contributed by atoms with van der Waals surface area (Å²) in [6, 6.07) is 2.82. The fourth-order valence-corrected chi connectivity index (χ4v) is 4.86. The van der Waals surface area contributed by atoms with Gasteiger partial charge in [-0.05, 0) is 30.2 Å². The Kier molecular flexibility index (Phi) is 2.95. The Labute approximate surface area is 118 Å². The van der Waals surface area contributed by atoms with E-state index in [9.17, 15) is 0 Å². The number of hydrogen-bond donors (Lipinski definition) is 0. The van der Waals surface area contributed by atoms with E-state index >= 15 is 0 Å². The van der Waals surface area contributed by atoms with Crippen LogP contribution in [0, 0.1) is 5.92 Å². The first-order valence-electron chi connectivity index (χ1n) is 7.53. The standard InChI is InChI=1S/C16H20N2S/c1-2-4-12(5-3-1)6-7-14-16-13(8-9-19-16)15-10-17-11-18(14)15/h8-12,14H,1-7H2/t14-/m1/s1. The van der Waals surface area contributed by atoms with Gasteiger partial charge in [0.05, 0.1) is 24.3 Å². The van der Waals surface area contributed by atoms with E-state index in [4.69, 9.17) is 0 Å². The van der Waals surface area contributed by atoms with Crippen LogP contribution in [-0.4, -0.2) is 9.55 Å². The maximum atomic E-state index is 4.33. The Balaban J connectivity index is 1.52. The molecule has 0 amide bonds. The molecule has 0 aromatic carbocycles. The van der Waals surface area contributed by atoms with E-state index in [1.807, 2.05) is 23.9 Å². The zero-order valence-electron chi connectivity index (χ0n) is 11.2. The Hall–Kier alpha value is -1.09. The van der Waals surface area contributed by atoms with Crippen LogP contribution in [0.5, 0.6) is 0 Å². The van der Waals surface area contributed by atoms with E-state index in [0.717, 1.165) is 5.92 Å². The van der Waals surface area contributed by atoms with Gasteiger partial charge in [0.2, 0.25) is 0 Å². The van der Waals surface area contributed by atoms with Gasteiger partial charge in [-0.2, -0.15) is 0 Å². The second-order valence-electron chi connectivity index (χ2n) is 5.98. The normalized spacial score (nSPS) is 22.4. The lowest BCUT2D eigenvalue weighted by Crippen LogP contribution is -2.10. The minimum absolute atomic E-state index is 0.564. The Bertz CT molecular complexity index is 523. The number of fused-ring (bicyclic) bond motifs is 3. The average molecular weight is 272 g/mol. The number of thiophene rings is 1. The van der Waals surface area contributed by atoms with Crippen molar-refractivity contribution in [2.75, 3.05) is 0 Å². The SMILES string of the molecule is c1cc2c(s1)[C@@H](CCC1CCCCC1)n1cncc1-2. The van der Waals surface area contributed by atoms with Gasteiger partial charge in [0, 0.05) is 10.4 Å². The van der Waals surface area contributed by atoms with Crippen LogP contribution in [0.25, 0.3) is 11.3 Å². The zero-order chi connectivity index (χ0) is 12.7. The second kappa shape index (κ2) is 4.78. The van der Waals surface area contributed by atoms with Gasteiger partial charge in [-0.25, -0.2) is 4.98 Å². The molecule has 3 heteroatoms. The number of hydrogen-bond acceptors (Lipinski definition) is 2. The van der Waals surface area contributed by atoms with Crippen LogP contribution < -0.4 is 0 Å². The predicted octanol–water partition coefficient (Wildman–Crippen LogP) is 4.87. The van der Waals surface area contributed by atoms with Gasteiger partial charge >= 0.3 is 0 Å². The molecular formula is C16H20N2S. The van der Waals surface area contributed by atoms with Crippen molar-refractivity contribution in [2.24, 2.45) is 5.92 Å². The molecule has 0 saturated heterocycles. The fourth-order valence-electron chi connectivity index (χ4n) is 3.82. The van der Waals surface area contributed by atoms with Crippen LogP contribution in [-0.2, 0) is 0 Å². The summed E-state index contributed by atoms with van der Waals surface area (Å²) in [6.07, 6.45) is 14.0. The van der Waals surface area contributed by atoms with Crippen LogP contribution in [0.3, 0.4) is 0 Å². The molecule has 1 aliphatic heterocycles. The van der Waals surface area contributed by atoms with Crippen molar-refractivity contribution >= 4 is 11.3 Å². The average Bonchev–Trinajstić information content (AvgIpc) is 3.11. The van der Waals surface area contributed by atoms with Gasteiger partial charge in [0.1, 0.15) is 0 Å². The lowest BCUT2D eigenvalue weighted by atomic mass is 9.85. The summed E-state index contributed by atoms with van der Waals surface area (Å²) in [5.41, 5.74) is 2.75. The molecule has 2 nitrogen and oxygen atoms in total. The van der Waals surface area contributed by atoms with Crippen LogP contribution in [0.1, 0.15) is 55.9 Å². The third-order valence-corrected chi connectivity index (χ3v) is 5.87. The lowest BCUT2D eigenvalue weighted by Gasteiger charge is -2.23. The number of aromatic nitrogens is 2. The van der Waals surface area contributed by atoms with E-state index in [1.165, 1.54) is 56.2 Å². The second-order valence-corrected chi connectivity index (χ2v) is 6.93. The summed E-state index contributed by atoms with van der Waals surface area (Å²) in [6.45, 7) is 0. The summed E-state index contributed by atoms with van der Waals surface area (Å²) in [5, 5.41) is 2.23. The molecular weight excluding hydrogens is 252 g/mol. The summed E-state index contributed by atoms with van der Waals surface area (Å²) >= 11 is 1.92. The van der Waals surface area contributed by atoms with Gasteiger partial charge in [0.15, 0.2) is 0 Å². The highest BCUT2D eigenvalue weighted by Crippen LogP contribution is 2.45. The molecule has 19 heavy (non-hydrogen) atoms. The molecule has 1 saturated carbocycles. The molecule has 100 valence electrons. The van der Waals surface area contributed by atoms with Crippen molar-refractivity contribution < 1.29 is 0 Å². The number of rotatable bonds is 3. The topological polar surface area (TPSA) is 17.8 Å². The Morgan fingerprint density at radius 1 is 1.21 bits per heavy atom. The summed E-state index contributed by atoms with van der Waals surface area (Å²) in [4.78, 5) is 5.90. The highest BCUT2D eigenvalue weighted by Gasteiger charge is 2.30. The summed E-state index contributed by atoms with van der Waals surface area (Å²) < 4.78 is 2.39. The lowest BCUT2D eigenvalue weighted by molar-refractivity contribution is 0.319. The molecule has 0 bridgehead atoms. The molecule has 2 aliphatic rings. The molecule has 2 aromatic rings. The summed E-state index contributed by atoms with van der Waals surface area (Å²) in [7, 11) is 0. The van der Waals surface area contributed by atoms with E-state index in [-0.39, 0.29) is 0 Å². The van der Waals surface area contributed by atoms with Crippen LogP contribution in [0.2, 0.25) is 0 Å². The smallest absolute Gasteiger partial charge is 0.0957 e. The molecule has 0 N–H and O–H groups in total. The molecule has 3 heterocycles. The van der Waals surface area contributed by atoms with Crippen molar-refractivity contribution in [3.8, 4) is 11.3 Å². The van der Waals surface area contributed by atoms with E-state index < -0.39 is 0 Å². The van der Waals surface area contributed by atoms with Gasteiger partial charge in [-0.3, -0.25) is 0 Å². The predicted molar refractivity (Wildman–Crippen MR) is 79.5 cm³/mol. The number of nitrogens with zero attached hydrogens (tertiary/aromatic N) is 2. The molecule has 1 atom stereocenters. The van der Waals surface area contributed by atoms with Crippen molar-refractivity contribution in [1.82, 2.24) is 9.55 Å². The first-order valence-corrected chi connectivity index (χ1v) is 8.41. The van der Waals surface area contributed by atoms with Crippen molar-refractivity contribution in [3.05, 3.63) is 28.8 Å². The molecule has 0 radical (unpaired) electrons.